The molecule has 0 spiro atoms. The third kappa shape index (κ3) is 4.05. The summed E-state index contributed by atoms with van der Waals surface area (Å²) in [6.07, 6.45) is 3.54. The molecule has 3 N–H and O–H groups in total. The molecular formula is C21H31F2N5O2. The lowest BCUT2D eigenvalue weighted by Gasteiger charge is -2.47. The number of halogens is 2. The molecule has 2 aliphatic heterocycles. The Labute approximate surface area is 175 Å². The molecule has 3 aliphatic rings. The van der Waals surface area contributed by atoms with Crippen LogP contribution in [-0.4, -0.2) is 72.8 Å². The summed E-state index contributed by atoms with van der Waals surface area (Å²) in [5, 5.41) is 6.28. The molecule has 30 heavy (non-hydrogen) atoms. The first-order valence-electron chi connectivity index (χ1n) is 10.7. The Hall–Kier alpha value is -2.13. The largest absolute Gasteiger partial charge is 0.364 e. The molecule has 1 aromatic rings. The maximum Gasteiger partial charge on any atom is 0.257 e. The van der Waals surface area contributed by atoms with Crippen LogP contribution < -0.4 is 10.6 Å². The molecule has 0 aromatic carbocycles. The zero-order valence-corrected chi connectivity index (χ0v) is 17.6. The molecule has 7 nitrogen and oxygen atoms in total. The smallest absolute Gasteiger partial charge is 0.257 e. The van der Waals surface area contributed by atoms with Gasteiger partial charge in [-0.3, -0.25) is 9.69 Å². The van der Waals surface area contributed by atoms with Crippen LogP contribution >= 0.6 is 0 Å². The maximum atomic E-state index is 13.2. The number of carbonyl (C=O) groups excluding carboxylic acids is 1. The minimum Gasteiger partial charge on any atom is -0.364 e. The number of fused-ring (bicyclic) bond motifs is 2. The van der Waals surface area contributed by atoms with Gasteiger partial charge in [-0.1, -0.05) is 0 Å². The predicted octanol–water partition coefficient (Wildman–Crippen LogP) is 2.66. The highest BCUT2D eigenvalue weighted by Gasteiger charge is 2.41. The van der Waals surface area contributed by atoms with Crippen molar-refractivity contribution in [2.45, 2.75) is 51.1 Å². The van der Waals surface area contributed by atoms with E-state index < -0.39 is 6.43 Å². The number of rotatable bonds is 7. The van der Waals surface area contributed by atoms with Gasteiger partial charge in [-0.2, -0.15) is 0 Å². The van der Waals surface area contributed by atoms with Crippen molar-refractivity contribution in [2.75, 3.05) is 38.9 Å². The Morgan fingerprint density at radius 2 is 2.07 bits per heavy atom. The van der Waals surface area contributed by atoms with Crippen LogP contribution in [0, 0.1) is 5.92 Å². The standard InChI is InChI=1S/C21H31F2N5O2/c1-13-18-19(16-7-8-25-20(16)26-13)28(11-27(12-30-2)21(18)29)15-5-3-14(4-6-15)9-24-10-17(22)23/h7-8,13-15,17,24-26H,3-6,9-12H2,1-2H3. The lowest BCUT2D eigenvalue weighted by molar-refractivity contribution is -0.136. The van der Waals surface area contributed by atoms with Crippen molar-refractivity contribution < 1.29 is 18.3 Å². The molecular weight excluding hydrogens is 392 g/mol. The molecule has 1 fully saturated rings. The number of anilines is 1. The van der Waals surface area contributed by atoms with E-state index in [0.717, 1.165) is 48.3 Å². The normalized spacial score (nSPS) is 26.7. The SMILES string of the molecule is COCN1CN(C2CCC(CNCC(F)F)CC2)C2=C(C1=O)C(C)Nc1[nH]ccc12. The van der Waals surface area contributed by atoms with Crippen molar-refractivity contribution >= 4 is 17.4 Å². The van der Waals surface area contributed by atoms with Crippen molar-refractivity contribution in [1.82, 2.24) is 20.1 Å². The summed E-state index contributed by atoms with van der Waals surface area (Å²) in [7, 11) is 1.60. The summed E-state index contributed by atoms with van der Waals surface area (Å²) < 4.78 is 30.1. The molecule has 1 aliphatic carbocycles. The molecule has 4 rings (SSSR count). The average molecular weight is 424 g/mol. The van der Waals surface area contributed by atoms with E-state index in [4.69, 9.17) is 4.74 Å². The number of ether oxygens (including phenoxy) is 1. The van der Waals surface area contributed by atoms with Crippen molar-refractivity contribution in [3.8, 4) is 0 Å². The van der Waals surface area contributed by atoms with E-state index in [0.29, 0.717) is 25.2 Å². The second-order valence-electron chi connectivity index (χ2n) is 8.49. The van der Waals surface area contributed by atoms with E-state index in [1.54, 1.807) is 12.0 Å². The zero-order valence-electron chi connectivity index (χ0n) is 17.6. The molecule has 0 bridgehead atoms. The molecule has 3 heterocycles. The van der Waals surface area contributed by atoms with Crippen LogP contribution in [0.2, 0.25) is 0 Å². The number of nitrogens with one attached hydrogen (secondary N) is 3. The van der Waals surface area contributed by atoms with E-state index in [2.05, 4.69) is 20.5 Å². The van der Waals surface area contributed by atoms with Gasteiger partial charge in [0.25, 0.3) is 12.3 Å². The summed E-state index contributed by atoms with van der Waals surface area (Å²) in [5.74, 6) is 1.38. The van der Waals surface area contributed by atoms with Crippen LogP contribution in [0.1, 0.15) is 38.2 Å². The number of methoxy groups -OCH3 is 1. The van der Waals surface area contributed by atoms with Gasteiger partial charge in [-0.25, -0.2) is 8.78 Å². The minimum absolute atomic E-state index is 0.0137. The lowest BCUT2D eigenvalue weighted by Crippen LogP contribution is -2.54. The van der Waals surface area contributed by atoms with Crippen LogP contribution in [0.4, 0.5) is 14.6 Å². The molecule has 166 valence electrons. The highest BCUT2D eigenvalue weighted by atomic mass is 19.3. The summed E-state index contributed by atoms with van der Waals surface area (Å²) in [4.78, 5) is 20.5. The van der Waals surface area contributed by atoms with Crippen LogP contribution in [0.25, 0.3) is 5.70 Å². The Morgan fingerprint density at radius 1 is 1.30 bits per heavy atom. The van der Waals surface area contributed by atoms with Gasteiger partial charge in [0, 0.05) is 24.9 Å². The first-order chi connectivity index (χ1) is 14.5. The predicted molar refractivity (Wildman–Crippen MR) is 111 cm³/mol. The van der Waals surface area contributed by atoms with Gasteiger partial charge in [0.15, 0.2) is 0 Å². The third-order valence-corrected chi connectivity index (χ3v) is 6.45. The Kier molecular flexibility index (Phi) is 6.29. The summed E-state index contributed by atoms with van der Waals surface area (Å²) in [6.45, 7) is 3.17. The Balaban J connectivity index is 1.54. The highest BCUT2D eigenvalue weighted by Crippen LogP contribution is 2.42. The lowest BCUT2D eigenvalue weighted by atomic mass is 9.83. The molecule has 9 heteroatoms. The highest BCUT2D eigenvalue weighted by molar-refractivity contribution is 6.06. The number of amides is 1. The molecule has 0 saturated heterocycles. The Morgan fingerprint density at radius 3 is 2.77 bits per heavy atom. The third-order valence-electron chi connectivity index (χ3n) is 6.45. The topological polar surface area (TPSA) is 72.6 Å². The summed E-state index contributed by atoms with van der Waals surface area (Å²) in [5.41, 5.74) is 2.84. The molecule has 1 amide bonds. The van der Waals surface area contributed by atoms with E-state index in [-0.39, 0.29) is 25.2 Å². The number of aromatic amines is 1. The first kappa shape index (κ1) is 21.1. The van der Waals surface area contributed by atoms with Gasteiger partial charge in [-0.15, -0.1) is 0 Å². The maximum absolute atomic E-state index is 13.2. The fourth-order valence-corrected chi connectivity index (χ4v) is 5.02. The number of carbonyl (C=O) groups is 1. The van der Waals surface area contributed by atoms with Crippen LogP contribution in [0.3, 0.4) is 0 Å². The molecule has 1 aromatic heterocycles. The second-order valence-corrected chi connectivity index (χ2v) is 8.49. The van der Waals surface area contributed by atoms with E-state index in [1.807, 2.05) is 19.2 Å². The van der Waals surface area contributed by atoms with Gasteiger partial charge >= 0.3 is 0 Å². The number of H-pyrrole nitrogens is 1. The number of aromatic nitrogens is 1. The van der Waals surface area contributed by atoms with Crippen molar-refractivity contribution in [3.63, 3.8) is 0 Å². The number of nitrogens with zero attached hydrogens (tertiary/aromatic N) is 2. The molecule has 0 radical (unpaired) electrons. The molecule has 1 unspecified atom stereocenters. The van der Waals surface area contributed by atoms with Crippen molar-refractivity contribution in [2.24, 2.45) is 5.92 Å². The van der Waals surface area contributed by atoms with Gasteiger partial charge in [-0.05, 0) is 51.1 Å². The molecule has 1 saturated carbocycles. The zero-order chi connectivity index (χ0) is 21.3. The second kappa shape index (κ2) is 8.93. The number of hydrogen-bond acceptors (Lipinski definition) is 5. The van der Waals surface area contributed by atoms with Gasteiger partial charge in [0.2, 0.25) is 0 Å². The number of alkyl halides is 2. The van der Waals surface area contributed by atoms with E-state index >= 15 is 0 Å². The molecule has 1 atom stereocenters. The monoisotopic (exact) mass is 423 g/mol. The average Bonchev–Trinajstić information content (AvgIpc) is 3.18. The quantitative estimate of drug-likeness (QED) is 0.629. The fourth-order valence-electron chi connectivity index (χ4n) is 5.02. The Bertz CT molecular complexity index is 788. The van der Waals surface area contributed by atoms with Crippen molar-refractivity contribution in [1.29, 1.82) is 0 Å². The summed E-state index contributed by atoms with van der Waals surface area (Å²) >= 11 is 0. The number of hydrogen-bond donors (Lipinski definition) is 3. The van der Waals surface area contributed by atoms with E-state index in [9.17, 15) is 13.6 Å². The van der Waals surface area contributed by atoms with Crippen LogP contribution in [0.15, 0.2) is 17.8 Å². The minimum atomic E-state index is -2.30. The first-order valence-corrected chi connectivity index (χ1v) is 10.7. The van der Waals surface area contributed by atoms with Crippen molar-refractivity contribution in [3.05, 3.63) is 23.4 Å². The van der Waals surface area contributed by atoms with E-state index in [1.165, 1.54) is 0 Å². The van der Waals surface area contributed by atoms with Gasteiger partial charge in [0.05, 0.1) is 30.5 Å². The van der Waals surface area contributed by atoms with Gasteiger partial charge < -0.3 is 25.3 Å². The summed E-state index contributed by atoms with van der Waals surface area (Å²) in [6, 6.07) is 2.23. The van der Waals surface area contributed by atoms with Crippen LogP contribution in [0.5, 0.6) is 0 Å². The van der Waals surface area contributed by atoms with Gasteiger partial charge in [0.1, 0.15) is 12.5 Å². The fraction of sp³-hybridized carbons (Fsp3) is 0.667. The van der Waals surface area contributed by atoms with Crippen LogP contribution in [-0.2, 0) is 9.53 Å².